The molecule has 1 aromatic carbocycles. The third-order valence-electron chi connectivity index (χ3n) is 5.28. The number of rotatable bonds is 8. The fourth-order valence-corrected chi connectivity index (χ4v) is 3.75. The Morgan fingerprint density at radius 2 is 1.76 bits per heavy atom. The molecule has 7 nitrogen and oxygen atoms in total. The van der Waals surface area contributed by atoms with Crippen molar-refractivity contribution in [2.75, 3.05) is 18.5 Å². The van der Waals surface area contributed by atoms with Crippen molar-refractivity contribution < 1.29 is 27.5 Å². The van der Waals surface area contributed by atoms with Crippen LogP contribution in [0.4, 0.5) is 18.9 Å². The van der Waals surface area contributed by atoms with Crippen LogP contribution in [0.25, 0.3) is 10.9 Å². The highest BCUT2D eigenvalue weighted by molar-refractivity contribution is 6.21. The van der Waals surface area contributed by atoms with E-state index in [1.165, 1.54) is 17.3 Å². The predicted octanol–water partition coefficient (Wildman–Crippen LogP) is 4.45. The van der Waals surface area contributed by atoms with Crippen molar-refractivity contribution in [3.8, 4) is 5.88 Å². The number of aromatic nitrogens is 2. The monoisotopic (exact) mass is 458 g/mol. The molecule has 2 amide bonds. The lowest BCUT2D eigenvalue weighted by atomic mass is 10.1. The molecule has 10 heteroatoms. The molecule has 1 aliphatic rings. The number of imide groups is 1. The summed E-state index contributed by atoms with van der Waals surface area (Å²) >= 11 is 0. The molecule has 4 rings (SSSR count). The molecule has 0 aliphatic carbocycles. The van der Waals surface area contributed by atoms with E-state index in [2.05, 4.69) is 15.3 Å². The van der Waals surface area contributed by atoms with Crippen LogP contribution in [-0.4, -0.2) is 52.1 Å². The van der Waals surface area contributed by atoms with Crippen molar-refractivity contribution in [2.24, 2.45) is 0 Å². The minimum Gasteiger partial charge on any atom is -0.468 e. The molecule has 1 atom stereocenters. The molecule has 2 aromatic heterocycles. The van der Waals surface area contributed by atoms with E-state index < -0.39 is 12.8 Å². The Kier molecular flexibility index (Phi) is 6.17. The fraction of sp³-hybridized carbons (Fsp3) is 0.304. The highest BCUT2D eigenvalue weighted by Gasteiger charge is 2.34. The molecule has 1 N–H and O–H groups in total. The van der Waals surface area contributed by atoms with Crippen molar-refractivity contribution in [2.45, 2.75) is 32.0 Å². The molecule has 0 bridgehead atoms. The summed E-state index contributed by atoms with van der Waals surface area (Å²) in [6.07, 6.45) is -0.337. The van der Waals surface area contributed by atoms with Gasteiger partial charge in [-0.05, 0) is 44.0 Å². The number of pyridine rings is 2. The van der Waals surface area contributed by atoms with E-state index in [1.54, 1.807) is 36.4 Å². The van der Waals surface area contributed by atoms with Crippen LogP contribution in [0.5, 0.6) is 5.88 Å². The number of nitrogens with one attached hydrogen (secondary N) is 1. The molecule has 0 radical (unpaired) electrons. The lowest BCUT2D eigenvalue weighted by Crippen LogP contribution is -2.31. The molecule has 172 valence electrons. The molecule has 0 spiro atoms. The SMILES string of the molecule is CC(CCCN1C(=O)c2ccccc2C1=O)Nc1cnc(OCC(F)(F)F)c2cccnc12. The zero-order valence-corrected chi connectivity index (χ0v) is 17.7. The number of alkyl halides is 3. The van der Waals surface area contributed by atoms with Crippen LogP contribution in [-0.2, 0) is 0 Å². The van der Waals surface area contributed by atoms with Gasteiger partial charge in [-0.25, -0.2) is 4.98 Å². The van der Waals surface area contributed by atoms with Crippen LogP contribution in [0.3, 0.4) is 0 Å². The quantitative estimate of drug-likeness (QED) is 0.502. The van der Waals surface area contributed by atoms with Gasteiger partial charge in [0.25, 0.3) is 11.8 Å². The number of hydrogen-bond acceptors (Lipinski definition) is 6. The van der Waals surface area contributed by atoms with Crippen molar-refractivity contribution in [3.63, 3.8) is 0 Å². The van der Waals surface area contributed by atoms with Crippen LogP contribution in [0.15, 0.2) is 48.8 Å². The fourth-order valence-electron chi connectivity index (χ4n) is 3.75. The number of benzene rings is 1. The standard InChI is InChI=1S/C23H21F3N4O3/c1-14(6-5-11-30-21(31)15-7-2-3-8-16(15)22(30)32)29-18-12-28-20(33-13-23(24,25)26)17-9-4-10-27-19(17)18/h2-4,7-10,12,14,29H,5-6,11,13H2,1H3. The van der Waals surface area contributed by atoms with Crippen molar-refractivity contribution in [3.05, 3.63) is 59.9 Å². The second-order valence-corrected chi connectivity index (χ2v) is 7.78. The first kappa shape index (κ1) is 22.5. The van der Waals surface area contributed by atoms with Gasteiger partial charge in [-0.15, -0.1) is 0 Å². The Hall–Kier alpha value is -3.69. The van der Waals surface area contributed by atoms with Crippen molar-refractivity contribution in [1.82, 2.24) is 14.9 Å². The molecule has 3 heterocycles. The van der Waals surface area contributed by atoms with Crippen LogP contribution >= 0.6 is 0 Å². The maximum absolute atomic E-state index is 12.5. The Morgan fingerprint density at radius 1 is 1.06 bits per heavy atom. The van der Waals surface area contributed by atoms with Crippen LogP contribution in [0.1, 0.15) is 40.5 Å². The van der Waals surface area contributed by atoms with Crippen molar-refractivity contribution in [1.29, 1.82) is 0 Å². The average molecular weight is 458 g/mol. The largest absolute Gasteiger partial charge is 0.468 e. The molecular formula is C23H21F3N4O3. The molecule has 33 heavy (non-hydrogen) atoms. The number of nitrogens with zero attached hydrogens (tertiary/aromatic N) is 3. The van der Waals surface area contributed by atoms with Gasteiger partial charge in [-0.3, -0.25) is 19.5 Å². The summed E-state index contributed by atoms with van der Waals surface area (Å²) in [5.41, 5.74) is 1.84. The average Bonchev–Trinajstić information content (AvgIpc) is 3.03. The van der Waals surface area contributed by atoms with E-state index in [1.807, 2.05) is 6.92 Å². The summed E-state index contributed by atoms with van der Waals surface area (Å²) in [7, 11) is 0. The van der Waals surface area contributed by atoms with Crippen molar-refractivity contribution >= 4 is 28.4 Å². The van der Waals surface area contributed by atoms with Crippen LogP contribution < -0.4 is 10.1 Å². The third-order valence-corrected chi connectivity index (χ3v) is 5.28. The maximum Gasteiger partial charge on any atom is 0.422 e. The van der Waals surface area contributed by atoms with Gasteiger partial charge >= 0.3 is 6.18 Å². The molecule has 0 saturated heterocycles. The summed E-state index contributed by atoms with van der Waals surface area (Å²) in [6.45, 7) is 0.774. The Morgan fingerprint density at radius 3 is 2.42 bits per heavy atom. The minimum atomic E-state index is -4.47. The Labute approximate surface area is 187 Å². The van der Waals surface area contributed by atoms with Crippen LogP contribution in [0.2, 0.25) is 0 Å². The number of anilines is 1. The first-order chi connectivity index (χ1) is 15.7. The second kappa shape index (κ2) is 9.05. The van der Waals surface area contributed by atoms with E-state index >= 15 is 0 Å². The highest BCUT2D eigenvalue weighted by atomic mass is 19.4. The third kappa shape index (κ3) is 4.89. The Balaban J connectivity index is 1.38. The van der Waals surface area contributed by atoms with Gasteiger partial charge in [-0.1, -0.05) is 12.1 Å². The zero-order chi connectivity index (χ0) is 23.6. The Bertz CT molecular complexity index is 1160. The minimum absolute atomic E-state index is 0.0749. The molecule has 0 saturated carbocycles. The highest BCUT2D eigenvalue weighted by Crippen LogP contribution is 2.29. The van der Waals surface area contributed by atoms with E-state index in [4.69, 9.17) is 4.74 Å². The number of hydrogen-bond donors (Lipinski definition) is 1. The molecule has 3 aromatic rings. The summed E-state index contributed by atoms with van der Waals surface area (Å²) < 4.78 is 42.4. The van der Waals surface area contributed by atoms with Gasteiger partial charge in [0.2, 0.25) is 5.88 Å². The van der Waals surface area contributed by atoms with Gasteiger partial charge < -0.3 is 10.1 Å². The lowest BCUT2D eigenvalue weighted by molar-refractivity contribution is -0.153. The van der Waals surface area contributed by atoms with Gasteiger partial charge in [0, 0.05) is 18.8 Å². The molecule has 0 fully saturated rings. The maximum atomic E-state index is 12.5. The first-order valence-electron chi connectivity index (χ1n) is 10.4. The van der Waals surface area contributed by atoms with Gasteiger partial charge in [0.05, 0.1) is 28.4 Å². The number of halogens is 3. The number of carbonyl (C=O) groups is 2. The second-order valence-electron chi connectivity index (χ2n) is 7.78. The van der Waals surface area contributed by atoms with Gasteiger partial charge in [-0.2, -0.15) is 13.2 Å². The molecular weight excluding hydrogens is 437 g/mol. The van der Waals surface area contributed by atoms with Gasteiger partial charge in [0.1, 0.15) is 5.52 Å². The number of fused-ring (bicyclic) bond motifs is 2. The number of ether oxygens (including phenoxy) is 1. The summed E-state index contributed by atoms with van der Waals surface area (Å²) in [5.74, 6) is -0.714. The van der Waals surface area contributed by atoms with E-state index in [0.717, 1.165) is 0 Å². The summed E-state index contributed by atoms with van der Waals surface area (Å²) in [5, 5.41) is 3.62. The first-order valence-corrected chi connectivity index (χ1v) is 10.4. The van der Waals surface area contributed by atoms with Gasteiger partial charge in [0.15, 0.2) is 6.61 Å². The number of carbonyl (C=O) groups excluding carboxylic acids is 2. The predicted molar refractivity (Wildman–Crippen MR) is 115 cm³/mol. The lowest BCUT2D eigenvalue weighted by Gasteiger charge is -2.19. The molecule has 1 aliphatic heterocycles. The van der Waals surface area contributed by atoms with Crippen LogP contribution in [0, 0.1) is 0 Å². The van der Waals surface area contributed by atoms with E-state index in [9.17, 15) is 22.8 Å². The summed E-state index contributed by atoms with van der Waals surface area (Å²) in [4.78, 5) is 34.5. The topological polar surface area (TPSA) is 84.4 Å². The van der Waals surface area contributed by atoms with E-state index in [0.29, 0.717) is 47.1 Å². The van der Waals surface area contributed by atoms with E-state index in [-0.39, 0.29) is 23.7 Å². The summed E-state index contributed by atoms with van der Waals surface area (Å²) in [6, 6.07) is 9.87. The smallest absolute Gasteiger partial charge is 0.422 e. The zero-order valence-electron chi connectivity index (χ0n) is 17.7. The number of amides is 2. The normalized spacial score (nSPS) is 14.5. The molecule has 1 unspecified atom stereocenters.